The molecule has 2 rings (SSSR count). The van der Waals surface area contributed by atoms with Crippen LogP contribution in [0.2, 0.25) is 0 Å². The summed E-state index contributed by atoms with van der Waals surface area (Å²) in [6.45, 7) is 13.7. The first-order valence-corrected chi connectivity index (χ1v) is 10.3. The van der Waals surface area contributed by atoms with E-state index in [0.29, 0.717) is 23.7 Å². The average Bonchev–Trinajstić information content (AvgIpc) is 3.13. The van der Waals surface area contributed by atoms with Crippen LogP contribution >= 0.6 is 12.2 Å². The molecule has 0 aliphatic carbocycles. The van der Waals surface area contributed by atoms with Gasteiger partial charge in [-0.2, -0.15) is 10.4 Å². The largest absolute Gasteiger partial charge is 0.351 e. The summed E-state index contributed by atoms with van der Waals surface area (Å²) >= 11 is 5.24. The Morgan fingerprint density at radius 1 is 1.38 bits per heavy atom. The smallest absolute Gasteiger partial charge is 0.261 e. The number of hydrogen-bond acceptors (Lipinski definition) is 4. The van der Waals surface area contributed by atoms with Crippen molar-refractivity contribution in [3.8, 4) is 6.07 Å². The summed E-state index contributed by atoms with van der Waals surface area (Å²) in [4.78, 5) is 12.5. The predicted molar refractivity (Wildman–Crippen MR) is 117 cm³/mol. The number of nitrogens with one attached hydrogen (secondary N) is 2. The van der Waals surface area contributed by atoms with E-state index < -0.39 is 0 Å². The second kappa shape index (κ2) is 9.70. The van der Waals surface area contributed by atoms with Crippen LogP contribution in [0.4, 0.5) is 0 Å². The number of nitrogens with zero attached hydrogens (tertiary/aromatic N) is 4. The molecule has 156 valence electrons. The highest BCUT2D eigenvalue weighted by atomic mass is 32.1. The Balaban J connectivity index is 2.10. The Labute approximate surface area is 177 Å². The van der Waals surface area contributed by atoms with Gasteiger partial charge in [-0.05, 0) is 63.5 Å². The zero-order valence-electron chi connectivity index (χ0n) is 18.0. The van der Waals surface area contributed by atoms with Gasteiger partial charge in [-0.1, -0.05) is 13.8 Å². The van der Waals surface area contributed by atoms with Crippen molar-refractivity contribution in [2.75, 3.05) is 6.54 Å². The maximum Gasteiger partial charge on any atom is 0.261 e. The van der Waals surface area contributed by atoms with Gasteiger partial charge < -0.3 is 14.5 Å². The van der Waals surface area contributed by atoms with Crippen molar-refractivity contribution in [1.82, 2.24) is 24.6 Å². The lowest BCUT2D eigenvalue weighted by atomic mass is 10.1. The van der Waals surface area contributed by atoms with Gasteiger partial charge in [0.25, 0.3) is 5.91 Å². The fourth-order valence-electron chi connectivity index (χ4n) is 3.35. The van der Waals surface area contributed by atoms with Gasteiger partial charge in [-0.25, -0.2) is 0 Å². The lowest BCUT2D eigenvalue weighted by Crippen LogP contribution is -2.27. The van der Waals surface area contributed by atoms with Crippen LogP contribution in [0.25, 0.3) is 6.08 Å². The Bertz CT molecular complexity index is 1000. The number of rotatable bonds is 8. The lowest BCUT2D eigenvalue weighted by molar-refractivity contribution is -0.117. The molecule has 29 heavy (non-hydrogen) atoms. The van der Waals surface area contributed by atoms with Crippen LogP contribution in [0, 0.1) is 35.9 Å². The Morgan fingerprint density at radius 2 is 2.07 bits per heavy atom. The Morgan fingerprint density at radius 3 is 2.66 bits per heavy atom. The molecule has 2 heterocycles. The fraction of sp³-hybridized carbons (Fsp3) is 0.524. The first-order valence-electron chi connectivity index (χ1n) is 9.88. The topological polar surface area (TPSA) is 91.4 Å². The van der Waals surface area contributed by atoms with Gasteiger partial charge in [0.2, 0.25) is 0 Å². The average molecular weight is 415 g/mol. The molecule has 0 unspecified atom stereocenters. The highest BCUT2D eigenvalue weighted by Gasteiger charge is 2.14. The summed E-state index contributed by atoms with van der Waals surface area (Å²) in [6, 6.07) is 4.23. The Kier molecular flexibility index (Phi) is 7.57. The van der Waals surface area contributed by atoms with Gasteiger partial charge >= 0.3 is 0 Å². The molecule has 0 atom stereocenters. The van der Waals surface area contributed by atoms with Crippen LogP contribution in [0.5, 0.6) is 0 Å². The van der Waals surface area contributed by atoms with E-state index in [1.54, 1.807) is 6.08 Å². The van der Waals surface area contributed by atoms with Gasteiger partial charge in [-0.15, -0.1) is 0 Å². The van der Waals surface area contributed by atoms with Gasteiger partial charge in [0.15, 0.2) is 4.77 Å². The maximum atomic E-state index is 12.5. The van der Waals surface area contributed by atoms with Gasteiger partial charge in [0.1, 0.15) is 17.5 Å². The van der Waals surface area contributed by atoms with Crippen molar-refractivity contribution in [3.63, 3.8) is 0 Å². The predicted octanol–water partition coefficient (Wildman–Crippen LogP) is 3.86. The molecule has 0 radical (unpaired) electrons. The Hall–Kier alpha value is -2.66. The van der Waals surface area contributed by atoms with E-state index in [-0.39, 0.29) is 17.5 Å². The summed E-state index contributed by atoms with van der Waals surface area (Å²) in [5.74, 6) is 0.915. The maximum absolute atomic E-state index is 12.5. The van der Waals surface area contributed by atoms with Crippen LogP contribution in [0.3, 0.4) is 0 Å². The summed E-state index contributed by atoms with van der Waals surface area (Å²) in [5.41, 5.74) is 3.17. The number of nitriles is 1. The van der Waals surface area contributed by atoms with E-state index >= 15 is 0 Å². The molecule has 8 heteroatoms. The normalized spacial score (nSPS) is 11.9. The molecule has 1 amide bonds. The molecule has 0 fully saturated rings. The van der Waals surface area contributed by atoms with Gasteiger partial charge in [0, 0.05) is 36.9 Å². The molecule has 0 spiro atoms. The minimum Gasteiger partial charge on any atom is -0.351 e. The number of aryl methyl sites for hydroxylation is 1. The van der Waals surface area contributed by atoms with E-state index in [9.17, 15) is 10.1 Å². The molecular formula is C21H30N6OS. The number of amides is 1. The summed E-state index contributed by atoms with van der Waals surface area (Å²) < 4.78 is 4.71. The van der Waals surface area contributed by atoms with Crippen molar-refractivity contribution in [3.05, 3.63) is 39.2 Å². The zero-order chi connectivity index (χ0) is 21.7. The molecule has 0 aromatic carbocycles. The highest BCUT2D eigenvalue weighted by molar-refractivity contribution is 7.71. The molecule has 7 nitrogen and oxygen atoms in total. The lowest BCUT2D eigenvalue weighted by Gasteiger charge is -2.12. The molecule has 0 bridgehead atoms. The molecule has 2 aromatic heterocycles. The van der Waals surface area contributed by atoms with Crippen molar-refractivity contribution >= 4 is 24.2 Å². The number of aromatic nitrogens is 4. The van der Waals surface area contributed by atoms with Crippen LogP contribution in [0.15, 0.2) is 11.6 Å². The van der Waals surface area contributed by atoms with Gasteiger partial charge in [0.05, 0.1) is 0 Å². The number of H-pyrrole nitrogens is 1. The van der Waals surface area contributed by atoms with Gasteiger partial charge in [-0.3, -0.25) is 9.89 Å². The molecule has 2 aromatic rings. The zero-order valence-corrected chi connectivity index (χ0v) is 18.9. The minimum atomic E-state index is -0.383. The third kappa shape index (κ3) is 5.45. The summed E-state index contributed by atoms with van der Waals surface area (Å²) in [6.07, 6.45) is 2.19. The standard InChI is InChI=1S/C21H30N6OS/c1-13(2)12-26-15(5)9-17(16(26)6)10-18(11-22)20(28)23-8-7-19-24-25-21(29)27(19)14(3)4/h9-10,13-14H,7-8,12H2,1-6H3,(H,23,28)(H,25,29). The first kappa shape index (κ1) is 22.6. The van der Waals surface area contributed by atoms with Crippen molar-refractivity contribution in [1.29, 1.82) is 5.26 Å². The van der Waals surface area contributed by atoms with E-state index in [0.717, 1.165) is 29.3 Å². The minimum absolute atomic E-state index is 0.0949. The molecule has 2 N–H and O–H groups in total. The quantitative estimate of drug-likeness (QED) is 0.390. The molecule has 0 saturated carbocycles. The third-order valence-electron chi connectivity index (χ3n) is 4.75. The van der Waals surface area contributed by atoms with Crippen LogP contribution in [-0.2, 0) is 17.8 Å². The molecule has 0 saturated heterocycles. The number of carbonyl (C=O) groups excluding carboxylic acids is 1. The summed E-state index contributed by atoms with van der Waals surface area (Å²) in [5, 5.41) is 19.3. The van der Waals surface area contributed by atoms with E-state index in [1.165, 1.54) is 0 Å². The molecule has 0 aliphatic heterocycles. The van der Waals surface area contributed by atoms with E-state index in [1.807, 2.05) is 44.4 Å². The molecule has 0 aliphatic rings. The SMILES string of the molecule is Cc1cc(C=C(C#N)C(=O)NCCc2n[nH]c(=S)n2C(C)C)c(C)n1CC(C)C. The van der Waals surface area contributed by atoms with E-state index in [4.69, 9.17) is 12.2 Å². The number of hydrogen-bond donors (Lipinski definition) is 2. The highest BCUT2D eigenvalue weighted by Crippen LogP contribution is 2.19. The van der Waals surface area contributed by atoms with E-state index in [2.05, 4.69) is 33.9 Å². The second-order valence-electron chi connectivity index (χ2n) is 7.92. The monoisotopic (exact) mass is 414 g/mol. The van der Waals surface area contributed by atoms with Crippen LogP contribution in [0.1, 0.15) is 56.5 Å². The van der Waals surface area contributed by atoms with Crippen molar-refractivity contribution in [2.24, 2.45) is 5.92 Å². The fourth-order valence-corrected chi connectivity index (χ4v) is 3.72. The third-order valence-corrected chi connectivity index (χ3v) is 5.04. The van der Waals surface area contributed by atoms with Crippen molar-refractivity contribution in [2.45, 2.75) is 60.5 Å². The number of aromatic amines is 1. The first-order chi connectivity index (χ1) is 13.6. The number of carbonyl (C=O) groups is 1. The molecular weight excluding hydrogens is 384 g/mol. The van der Waals surface area contributed by atoms with Crippen LogP contribution in [-0.4, -0.2) is 31.8 Å². The van der Waals surface area contributed by atoms with Crippen LogP contribution < -0.4 is 5.32 Å². The van der Waals surface area contributed by atoms with Crippen molar-refractivity contribution < 1.29 is 4.79 Å². The summed E-state index contributed by atoms with van der Waals surface area (Å²) in [7, 11) is 0. The second-order valence-corrected chi connectivity index (χ2v) is 8.30.